The molecule has 0 aliphatic carbocycles. The number of sulfonamides is 1. The standard InChI is InChI=1S/C26H28N2O4S/c1-18-5-10-24(11-6-18)33(30,31)28-13-12-21-8-9-23(15-22(21)16-28)27-26(29)17-32-25-14-19(2)4-7-20(25)3/h4-11,14-15H,12-13,16-17H2,1-3H3,(H,27,29). The molecular weight excluding hydrogens is 436 g/mol. The molecule has 7 heteroatoms. The molecule has 0 bridgehead atoms. The molecule has 0 aromatic heterocycles. The molecule has 1 aliphatic rings. The number of hydrogen-bond acceptors (Lipinski definition) is 4. The summed E-state index contributed by atoms with van der Waals surface area (Å²) in [6.45, 7) is 6.44. The van der Waals surface area contributed by atoms with Crippen LogP contribution in [0.3, 0.4) is 0 Å². The van der Waals surface area contributed by atoms with Crippen molar-refractivity contribution in [3.05, 3.63) is 88.5 Å². The van der Waals surface area contributed by atoms with Crippen LogP contribution >= 0.6 is 0 Å². The van der Waals surface area contributed by atoms with Gasteiger partial charge in [0, 0.05) is 18.8 Å². The van der Waals surface area contributed by atoms with E-state index >= 15 is 0 Å². The Morgan fingerprint density at radius 3 is 2.42 bits per heavy atom. The molecule has 0 saturated carbocycles. The molecule has 6 nitrogen and oxygen atoms in total. The Hall–Kier alpha value is -3.16. The Balaban J connectivity index is 1.43. The van der Waals surface area contributed by atoms with E-state index in [0.717, 1.165) is 27.8 Å². The van der Waals surface area contributed by atoms with E-state index in [0.29, 0.717) is 29.3 Å². The summed E-state index contributed by atoms with van der Waals surface area (Å²) >= 11 is 0. The number of fused-ring (bicyclic) bond motifs is 1. The van der Waals surface area contributed by atoms with Gasteiger partial charge in [-0.2, -0.15) is 4.31 Å². The van der Waals surface area contributed by atoms with Gasteiger partial charge in [0.15, 0.2) is 6.61 Å². The van der Waals surface area contributed by atoms with E-state index in [-0.39, 0.29) is 19.1 Å². The highest BCUT2D eigenvalue weighted by molar-refractivity contribution is 7.89. The minimum atomic E-state index is -3.58. The lowest BCUT2D eigenvalue weighted by Gasteiger charge is -2.28. The van der Waals surface area contributed by atoms with Gasteiger partial charge in [0.1, 0.15) is 5.75 Å². The quantitative estimate of drug-likeness (QED) is 0.588. The van der Waals surface area contributed by atoms with Gasteiger partial charge in [0.05, 0.1) is 4.90 Å². The maximum Gasteiger partial charge on any atom is 0.262 e. The van der Waals surface area contributed by atoms with Crippen LogP contribution in [0.5, 0.6) is 5.75 Å². The lowest BCUT2D eigenvalue weighted by atomic mass is 10.0. The summed E-state index contributed by atoms with van der Waals surface area (Å²) in [4.78, 5) is 12.7. The van der Waals surface area contributed by atoms with Crippen LogP contribution in [-0.2, 0) is 27.8 Å². The van der Waals surface area contributed by atoms with Crippen LogP contribution in [0.15, 0.2) is 65.6 Å². The second-order valence-electron chi connectivity index (χ2n) is 8.49. The van der Waals surface area contributed by atoms with Crippen molar-refractivity contribution in [3.8, 4) is 5.75 Å². The van der Waals surface area contributed by atoms with Gasteiger partial charge in [-0.1, -0.05) is 35.9 Å². The molecule has 1 N–H and O–H groups in total. The highest BCUT2D eigenvalue weighted by Crippen LogP contribution is 2.27. The van der Waals surface area contributed by atoms with Crippen molar-refractivity contribution in [1.29, 1.82) is 0 Å². The summed E-state index contributed by atoms with van der Waals surface area (Å²) in [5, 5.41) is 2.86. The van der Waals surface area contributed by atoms with Crippen molar-refractivity contribution in [3.63, 3.8) is 0 Å². The first-order valence-corrected chi connectivity index (χ1v) is 12.3. The van der Waals surface area contributed by atoms with Crippen molar-refractivity contribution in [1.82, 2.24) is 4.31 Å². The number of carbonyl (C=O) groups excluding carboxylic acids is 1. The van der Waals surface area contributed by atoms with Gasteiger partial charge in [-0.05, 0) is 79.8 Å². The van der Waals surface area contributed by atoms with Gasteiger partial charge >= 0.3 is 0 Å². The zero-order valence-corrected chi connectivity index (χ0v) is 19.9. The number of nitrogens with one attached hydrogen (secondary N) is 1. The third-order valence-corrected chi connectivity index (χ3v) is 7.69. The van der Waals surface area contributed by atoms with E-state index in [2.05, 4.69) is 5.32 Å². The molecule has 3 aromatic carbocycles. The molecule has 33 heavy (non-hydrogen) atoms. The fraction of sp³-hybridized carbons (Fsp3) is 0.269. The minimum Gasteiger partial charge on any atom is -0.483 e. The fourth-order valence-electron chi connectivity index (χ4n) is 3.88. The van der Waals surface area contributed by atoms with Gasteiger partial charge < -0.3 is 10.1 Å². The van der Waals surface area contributed by atoms with Crippen LogP contribution in [-0.4, -0.2) is 31.8 Å². The predicted molar refractivity (Wildman–Crippen MR) is 129 cm³/mol. The number of ether oxygens (including phenoxy) is 1. The molecule has 0 unspecified atom stereocenters. The average molecular weight is 465 g/mol. The number of amides is 1. The van der Waals surface area contributed by atoms with Crippen molar-refractivity contribution >= 4 is 21.6 Å². The number of carbonyl (C=O) groups is 1. The zero-order chi connectivity index (χ0) is 23.6. The van der Waals surface area contributed by atoms with Crippen molar-refractivity contribution in [2.24, 2.45) is 0 Å². The monoisotopic (exact) mass is 464 g/mol. The van der Waals surface area contributed by atoms with Crippen LogP contribution < -0.4 is 10.1 Å². The Labute approximate surface area is 195 Å². The molecule has 0 spiro atoms. The van der Waals surface area contributed by atoms with E-state index in [1.54, 1.807) is 24.3 Å². The van der Waals surface area contributed by atoms with Gasteiger partial charge in [0.25, 0.3) is 5.91 Å². The first-order valence-electron chi connectivity index (χ1n) is 10.9. The van der Waals surface area contributed by atoms with Crippen LogP contribution in [0.4, 0.5) is 5.69 Å². The summed E-state index contributed by atoms with van der Waals surface area (Å²) < 4.78 is 33.3. The summed E-state index contributed by atoms with van der Waals surface area (Å²) in [6.07, 6.45) is 0.629. The maximum atomic E-state index is 13.1. The first-order chi connectivity index (χ1) is 15.7. The number of benzene rings is 3. The SMILES string of the molecule is Cc1ccc(S(=O)(=O)N2CCc3ccc(NC(=O)COc4cc(C)ccc4C)cc3C2)cc1. The first kappa shape index (κ1) is 23.0. The number of hydrogen-bond donors (Lipinski definition) is 1. The third kappa shape index (κ3) is 5.26. The summed E-state index contributed by atoms with van der Waals surface area (Å²) in [5.74, 6) is 0.420. The van der Waals surface area contributed by atoms with Crippen molar-refractivity contribution in [2.75, 3.05) is 18.5 Å². The van der Waals surface area contributed by atoms with Crippen molar-refractivity contribution < 1.29 is 17.9 Å². The van der Waals surface area contributed by atoms with E-state index in [9.17, 15) is 13.2 Å². The smallest absolute Gasteiger partial charge is 0.262 e. The second-order valence-corrected chi connectivity index (χ2v) is 10.4. The topological polar surface area (TPSA) is 75.7 Å². The Morgan fingerprint density at radius 1 is 0.939 bits per heavy atom. The molecule has 1 amide bonds. The molecule has 0 radical (unpaired) electrons. The molecular formula is C26H28N2O4S. The largest absolute Gasteiger partial charge is 0.483 e. The third-order valence-electron chi connectivity index (χ3n) is 5.83. The second kappa shape index (κ2) is 9.37. The van der Waals surface area contributed by atoms with Crippen molar-refractivity contribution in [2.45, 2.75) is 38.6 Å². The van der Waals surface area contributed by atoms with Gasteiger partial charge in [-0.25, -0.2) is 8.42 Å². The van der Waals surface area contributed by atoms with E-state index < -0.39 is 10.0 Å². The van der Waals surface area contributed by atoms with Crippen LogP contribution in [0.2, 0.25) is 0 Å². The molecule has 1 aliphatic heterocycles. The van der Waals surface area contributed by atoms with E-state index in [1.165, 1.54) is 4.31 Å². The van der Waals surface area contributed by atoms with Crippen LogP contribution in [0, 0.1) is 20.8 Å². The normalized spacial score (nSPS) is 13.9. The molecule has 4 rings (SSSR count). The zero-order valence-electron chi connectivity index (χ0n) is 19.1. The summed E-state index contributed by atoms with van der Waals surface area (Å²) in [6, 6.07) is 18.4. The number of aryl methyl sites for hydroxylation is 3. The highest BCUT2D eigenvalue weighted by atomic mass is 32.2. The van der Waals surface area contributed by atoms with Gasteiger partial charge in [-0.15, -0.1) is 0 Å². The van der Waals surface area contributed by atoms with Gasteiger partial charge in [0.2, 0.25) is 10.0 Å². The Bertz CT molecular complexity index is 1280. The lowest BCUT2D eigenvalue weighted by Crippen LogP contribution is -2.36. The Kier molecular flexibility index (Phi) is 6.54. The van der Waals surface area contributed by atoms with E-state index in [4.69, 9.17) is 4.74 Å². The average Bonchev–Trinajstić information content (AvgIpc) is 2.79. The molecule has 0 atom stereocenters. The predicted octanol–water partition coefficient (Wildman–Crippen LogP) is 4.38. The number of rotatable bonds is 6. The number of nitrogens with zero attached hydrogens (tertiary/aromatic N) is 1. The molecule has 0 fully saturated rings. The minimum absolute atomic E-state index is 0.102. The lowest BCUT2D eigenvalue weighted by molar-refractivity contribution is -0.118. The Morgan fingerprint density at radius 2 is 1.67 bits per heavy atom. The summed E-state index contributed by atoms with van der Waals surface area (Å²) in [5.41, 5.74) is 5.66. The maximum absolute atomic E-state index is 13.1. The molecule has 1 heterocycles. The van der Waals surface area contributed by atoms with Crippen LogP contribution in [0.25, 0.3) is 0 Å². The van der Waals surface area contributed by atoms with Gasteiger partial charge in [-0.3, -0.25) is 4.79 Å². The molecule has 0 saturated heterocycles. The van der Waals surface area contributed by atoms with E-state index in [1.807, 2.05) is 57.2 Å². The molecule has 172 valence electrons. The summed E-state index contributed by atoms with van der Waals surface area (Å²) in [7, 11) is -3.58. The number of anilines is 1. The molecule has 3 aromatic rings. The highest BCUT2D eigenvalue weighted by Gasteiger charge is 2.28. The van der Waals surface area contributed by atoms with Crippen LogP contribution in [0.1, 0.15) is 27.8 Å². The fourth-order valence-corrected chi connectivity index (χ4v) is 5.30.